The van der Waals surface area contributed by atoms with Crippen LogP contribution in [0, 0.1) is 0 Å². The van der Waals surface area contributed by atoms with Crippen LogP contribution in [-0.4, -0.2) is 47.7 Å². The molecule has 4 rings (SSSR count). The monoisotopic (exact) mass is 379 g/mol. The molecule has 1 fully saturated rings. The summed E-state index contributed by atoms with van der Waals surface area (Å²) in [6.07, 6.45) is 1.80. The van der Waals surface area contributed by atoms with Crippen LogP contribution in [0.5, 0.6) is 11.5 Å². The summed E-state index contributed by atoms with van der Waals surface area (Å²) in [5.74, 6) is 2.62. The molecule has 6 heteroatoms. The normalized spacial score (nSPS) is 15.0. The Morgan fingerprint density at radius 1 is 1.07 bits per heavy atom. The number of aromatic nitrogens is 2. The number of likely N-dealkylation sites (tertiary alicyclic amines) is 1. The molecule has 0 N–H and O–H groups in total. The third-order valence-corrected chi connectivity index (χ3v) is 5.52. The van der Waals surface area contributed by atoms with Crippen molar-refractivity contribution in [3.05, 3.63) is 42.5 Å². The molecule has 2 aromatic carbocycles. The molecule has 1 aliphatic rings. The van der Waals surface area contributed by atoms with Gasteiger partial charge < -0.3 is 18.9 Å². The number of ether oxygens (including phenoxy) is 2. The minimum absolute atomic E-state index is 0.142. The van der Waals surface area contributed by atoms with Gasteiger partial charge in [0, 0.05) is 32.1 Å². The number of hydrogen-bond donors (Lipinski definition) is 0. The molecule has 1 saturated heterocycles. The average Bonchev–Trinajstić information content (AvgIpc) is 3.12. The summed E-state index contributed by atoms with van der Waals surface area (Å²) in [5.41, 5.74) is 2.94. The van der Waals surface area contributed by atoms with E-state index < -0.39 is 0 Å². The van der Waals surface area contributed by atoms with Crippen molar-refractivity contribution in [2.24, 2.45) is 0 Å². The summed E-state index contributed by atoms with van der Waals surface area (Å²) in [4.78, 5) is 18.6. The molecule has 3 aromatic rings. The maximum absolute atomic E-state index is 11.7. The first kappa shape index (κ1) is 18.3. The van der Waals surface area contributed by atoms with Gasteiger partial charge in [0.25, 0.3) is 0 Å². The second-order valence-electron chi connectivity index (χ2n) is 7.10. The lowest BCUT2D eigenvalue weighted by molar-refractivity contribution is -0.130. The van der Waals surface area contributed by atoms with E-state index in [1.165, 1.54) is 0 Å². The molecule has 2 heterocycles. The zero-order valence-corrected chi connectivity index (χ0v) is 16.5. The van der Waals surface area contributed by atoms with Gasteiger partial charge in [-0.3, -0.25) is 4.79 Å². The van der Waals surface area contributed by atoms with Crippen molar-refractivity contribution < 1.29 is 14.3 Å². The average molecular weight is 379 g/mol. The Bertz CT molecular complexity index is 1000. The number of amides is 1. The molecule has 0 unspecified atom stereocenters. The van der Waals surface area contributed by atoms with Crippen molar-refractivity contribution in [3.8, 4) is 22.9 Å². The van der Waals surface area contributed by atoms with Crippen LogP contribution in [-0.2, 0) is 4.79 Å². The number of piperidine rings is 1. The van der Waals surface area contributed by atoms with Crippen LogP contribution in [0.2, 0.25) is 0 Å². The van der Waals surface area contributed by atoms with Crippen LogP contribution in [0.3, 0.4) is 0 Å². The van der Waals surface area contributed by atoms with Gasteiger partial charge in [0.05, 0.1) is 30.8 Å². The molecule has 0 atom stereocenters. The molecule has 0 bridgehead atoms. The zero-order valence-electron chi connectivity index (χ0n) is 16.5. The van der Waals surface area contributed by atoms with Gasteiger partial charge in [0.15, 0.2) is 0 Å². The fraction of sp³-hybridized carbons (Fsp3) is 0.364. The van der Waals surface area contributed by atoms with Gasteiger partial charge in [-0.15, -0.1) is 0 Å². The number of nitrogens with zero attached hydrogens (tertiary/aromatic N) is 3. The van der Waals surface area contributed by atoms with Crippen LogP contribution in [0.25, 0.3) is 22.4 Å². The van der Waals surface area contributed by atoms with Crippen molar-refractivity contribution in [1.82, 2.24) is 14.5 Å². The fourth-order valence-corrected chi connectivity index (χ4v) is 4.03. The minimum Gasteiger partial charge on any atom is -0.497 e. The van der Waals surface area contributed by atoms with Crippen molar-refractivity contribution in [2.75, 3.05) is 27.3 Å². The van der Waals surface area contributed by atoms with E-state index in [-0.39, 0.29) is 11.9 Å². The Morgan fingerprint density at radius 3 is 2.50 bits per heavy atom. The SMILES string of the molecule is COc1ccc2c(c1)nc(-c1ccccc1OC)n2C1CCN(C(C)=O)CC1. The molecular weight excluding hydrogens is 354 g/mol. The minimum atomic E-state index is 0.142. The fourth-order valence-electron chi connectivity index (χ4n) is 4.03. The van der Waals surface area contributed by atoms with Crippen molar-refractivity contribution >= 4 is 16.9 Å². The Labute approximate surface area is 164 Å². The molecule has 146 valence electrons. The van der Waals surface area contributed by atoms with Crippen LogP contribution in [0.15, 0.2) is 42.5 Å². The summed E-state index contributed by atoms with van der Waals surface area (Å²) in [5, 5.41) is 0. The number of hydrogen-bond acceptors (Lipinski definition) is 4. The van der Waals surface area contributed by atoms with E-state index in [0.29, 0.717) is 0 Å². The Hall–Kier alpha value is -3.02. The molecule has 0 spiro atoms. The highest BCUT2D eigenvalue weighted by atomic mass is 16.5. The zero-order chi connectivity index (χ0) is 19.7. The number of methoxy groups -OCH3 is 2. The van der Waals surface area contributed by atoms with Crippen LogP contribution in [0.4, 0.5) is 0 Å². The highest BCUT2D eigenvalue weighted by Crippen LogP contribution is 2.37. The van der Waals surface area contributed by atoms with E-state index in [0.717, 1.165) is 59.9 Å². The maximum Gasteiger partial charge on any atom is 0.219 e. The molecule has 0 saturated carbocycles. The number of benzene rings is 2. The number of para-hydroxylation sites is 1. The first-order valence-electron chi connectivity index (χ1n) is 9.57. The van der Waals surface area contributed by atoms with E-state index in [1.807, 2.05) is 41.3 Å². The number of rotatable bonds is 4. The topological polar surface area (TPSA) is 56.6 Å². The molecule has 1 aromatic heterocycles. The smallest absolute Gasteiger partial charge is 0.219 e. The summed E-state index contributed by atoms with van der Waals surface area (Å²) < 4.78 is 13.3. The number of imidazole rings is 1. The molecule has 1 amide bonds. The van der Waals surface area contributed by atoms with E-state index >= 15 is 0 Å². The standard InChI is InChI=1S/C22H25N3O3/c1-15(26)24-12-10-16(11-13-24)25-20-9-8-17(27-2)14-19(20)23-22(25)18-6-4-5-7-21(18)28-3/h4-9,14,16H,10-13H2,1-3H3. The number of fused-ring (bicyclic) bond motifs is 1. The number of carbonyl (C=O) groups excluding carboxylic acids is 1. The number of carbonyl (C=O) groups is 1. The van der Waals surface area contributed by atoms with Crippen molar-refractivity contribution in [3.63, 3.8) is 0 Å². The third-order valence-electron chi connectivity index (χ3n) is 5.52. The van der Waals surface area contributed by atoms with Crippen molar-refractivity contribution in [1.29, 1.82) is 0 Å². The summed E-state index contributed by atoms with van der Waals surface area (Å²) in [7, 11) is 3.34. The van der Waals surface area contributed by atoms with Crippen LogP contribution >= 0.6 is 0 Å². The molecule has 1 aliphatic heterocycles. The van der Waals surface area contributed by atoms with Gasteiger partial charge in [-0.05, 0) is 37.1 Å². The van der Waals surface area contributed by atoms with Gasteiger partial charge in [0.1, 0.15) is 17.3 Å². The molecule has 0 aliphatic carbocycles. The Kier molecular flexibility index (Phi) is 4.94. The second-order valence-corrected chi connectivity index (χ2v) is 7.10. The van der Waals surface area contributed by atoms with Gasteiger partial charge >= 0.3 is 0 Å². The first-order valence-corrected chi connectivity index (χ1v) is 9.57. The Balaban J connectivity index is 1.84. The third kappa shape index (κ3) is 3.19. The lowest BCUT2D eigenvalue weighted by atomic mass is 10.0. The van der Waals surface area contributed by atoms with Crippen LogP contribution in [0.1, 0.15) is 25.8 Å². The van der Waals surface area contributed by atoms with Crippen LogP contribution < -0.4 is 9.47 Å². The highest BCUT2D eigenvalue weighted by Gasteiger charge is 2.27. The molecule has 0 radical (unpaired) electrons. The highest BCUT2D eigenvalue weighted by molar-refractivity contribution is 5.83. The summed E-state index contributed by atoms with van der Waals surface area (Å²) in [6.45, 7) is 3.17. The van der Waals surface area contributed by atoms with Gasteiger partial charge in [-0.1, -0.05) is 12.1 Å². The molecular formula is C22H25N3O3. The van der Waals surface area contributed by atoms with Crippen molar-refractivity contribution in [2.45, 2.75) is 25.8 Å². The predicted octanol–water partition coefficient (Wildman–Crippen LogP) is 3.90. The maximum atomic E-state index is 11.7. The van der Waals surface area contributed by atoms with Gasteiger partial charge in [-0.25, -0.2) is 4.98 Å². The van der Waals surface area contributed by atoms with E-state index in [1.54, 1.807) is 21.1 Å². The van der Waals surface area contributed by atoms with Gasteiger partial charge in [-0.2, -0.15) is 0 Å². The lowest BCUT2D eigenvalue weighted by Crippen LogP contribution is -2.37. The summed E-state index contributed by atoms with van der Waals surface area (Å²) >= 11 is 0. The largest absolute Gasteiger partial charge is 0.497 e. The molecule has 6 nitrogen and oxygen atoms in total. The molecule has 28 heavy (non-hydrogen) atoms. The Morgan fingerprint density at radius 2 is 1.82 bits per heavy atom. The first-order chi connectivity index (χ1) is 13.6. The predicted molar refractivity (Wildman–Crippen MR) is 109 cm³/mol. The summed E-state index contributed by atoms with van der Waals surface area (Å²) in [6, 6.07) is 14.2. The van der Waals surface area contributed by atoms with E-state index in [2.05, 4.69) is 10.6 Å². The quantitative estimate of drug-likeness (QED) is 0.690. The van der Waals surface area contributed by atoms with E-state index in [4.69, 9.17) is 14.5 Å². The lowest BCUT2D eigenvalue weighted by Gasteiger charge is -2.33. The van der Waals surface area contributed by atoms with Gasteiger partial charge in [0.2, 0.25) is 5.91 Å². The van der Waals surface area contributed by atoms with E-state index in [9.17, 15) is 4.79 Å². The second kappa shape index (κ2) is 7.54.